The molecule has 7 nitrogen and oxygen atoms in total. The van der Waals surface area contributed by atoms with Crippen molar-refractivity contribution in [3.05, 3.63) is 124 Å². The second kappa shape index (κ2) is 13.7. The second-order valence-electron chi connectivity index (χ2n) is 9.82. The van der Waals surface area contributed by atoms with Crippen LogP contribution in [0.1, 0.15) is 49.9 Å². The quantitative estimate of drug-likeness (QED) is 0.172. The molecule has 0 aliphatic heterocycles. The van der Waals surface area contributed by atoms with Crippen LogP contribution in [0.4, 0.5) is 5.69 Å². The summed E-state index contributed by atoms with van der Waals surface area (Å²) in [5.41, 5.74) is 3.97. The Morgan fingerprint density at radius 1 is 0.902 bits per heavy atom. The van der Waals surface area contributed by atoms with Crippen LogP contribution in [0, 0.1) is 0 Å². The van der Waals surface area contributed by atoms with Crippen LogP contribution >= 0.6 is 24.0 Å². The molecule has 4 aromatic rings. The van der Waals surface area contributed by atoms with Gasteiger partial charge in [0.2, 0.25) is 0 Å². The average molecular weight is 594 g/mol. The van der Waals surface area contributed by atoms with E-state index in [4.69, 9.17) is 16.3 Å². The number of anilines is 1. The fourth-order valence-electron chi connectivity index (χ4n) is 4.83. The van der Waals surface area contributed by atoms with E-state index in [-0.39, 0.29) is 29.9 Å². The fourth-order valence-corrected chi connectivity index (χ4v) is 4.96. The van der Waals surface area contributed by atoms with Gasteiger partial charge < -0.3 is 25.6 Å². The van der Waals surface area contributed by atoms with Crippen LogP contribution in [0.15, 0.2) is 91.0 Å². The molecule has 4 aromatic carbocycles. The molecule has 9 heteroatoms. The van der Waals surface area contributed by atoms with Crippen LogP contribution in [0.25, 0.3) is 0 Å². The third-order valence-corrected chi connectivity index (χ3v) is 7.20. The smallest absolute Gasteiger partial charge is 0.335 e. The maximum absolute atomic E-state index is 12.6. The number of nitrogens with one attached hydrogen (secondary N) is 2. The second-order valence-corrected chi connectivity index (χ2v) is 10.3. The lowest BCUT2D eigenvalue weighted by Crippen LogP contribution is -2.37. The molecule has 0 unspecified atom stereocenters. The lowest BCUT2D eigenvalue weighted by molar-refractivity contribution is 0.0696. The molecule has 41 heavy (non-hydrogen) atoms. The molecule has 0 radical (unpaired) electrons. The molecular formula is C32H30Cl2N2O5. The van der Waals surface area contributed by atoms with Crippen molar-refractivity contribution in [3.63, 3.8) is 0 Å². The highest BCUT2D eigenvalue weighted by molar-refractivity contribution is 6.30. The van der Waals surface area contributed by atoms with Gasteiger partial charge in [0.25, 0.3) is 5.91 Å². The number of benzene rings is 4. The van der Waals surface area contributed by atoms with E-state index in [1.165, 1.54) is 17.7 Å². The van der Waals surface area contributed by atoms with E-state index in [1.807, 2.05) is 36.4 Å². The van der Waals surface area contributed by atoms with Crippen molar-refractivity contribution in [2.75, 3.05) is 11.9 Å². The average Bonchev–Trinajstić information content (AvgIpc) is 2.96. The van der Waals surface area contributed by atoms with Crippen molar-refractivity contribution in [2.45, 2.75) is 31.4 Å². The number of hydrogen-bond donors (Lipinski definition) is 4. The maximum Gasteiger partial charge on any atom is 0.335 e. The Morgan fingerprint density at radius 3 is 2.39 bits per heavy atom. The Morgan fingerprint density at radius 2 is 1.66 bits per heavy atom. The summed E-state index contributed by atoms with van der Waals surface area (Å²) >= 11 is 5.95. The molecule has 1 amide bonds. The van der Waals surface area contributed by atoms with Gasteiger partial charge in [-0.25, -0.2) is 4.79 Å². The van der Waals surface area contributed by atoms with Gasteiger partial charge in [-0.05, 0) is 84.5 Å². The molecule has 0 heterocycles. The summed E-state index contributed by atoms with van der Waals surface area (Å²) in [5.74, 6) is -0.591. The Bertz CT molecular complexity index is 1510. The number of aliphatic hydroxyl groups excluding tert-OH is 1. The largest absolute Gasteiger partial charge is 0.478 e. The number of aromatic carboxylic acids is 1. The van der Waals surface area contributed by atoms with Crippen LogP contribution in [0.5, 0.6) is 11.5 Å². The van der Waals surface area contributed by atoms with E-state index >= 15 is 0 Å². The standard InChI is InChI=1S/C32H29ClN2O5.ClH/c33-25-10-6-21(7-11-25)30(36)19-34-26-12-8-20-9-13-28(16-23(20)14-26)40-29-17-24(32(38)39)15-27(18-29)35-31(37)22-4-2-1-3-5-22;/h1-7,9-11,13,15-18,26,30,34,36H,8,12,14,19H2,(H,35,37)(H,38,39);1H/t26-,30-;/m0./s1. The molecule has 0 saturated heterocycles. The van der Waals surface area contributed by atoms with Crippen molar-refractivity contribution in [1.29, 1.82) is 0 Å². The number of rotatable bonds is 9. The van der Waals surface area contributed by atoms with Crippen LogP contribution < -0.4 is 15.4 Å². The van der Waals surface area contributed by atoms with E-state index in [2.05, 4.69) is 10.6 Å². The Labute approximate surface area is 249 Å². The van der Waals surface area contributed by atoms with Gasteiger partial charge in [-0.15, -0.1) is 12.4 Å². The predicted molar refractivity (Wildman–Crippen MR) is 162 cm³/mol. The molecule has 5 rings (SSSR count). The van der Waals surface area contributed by atoms with Gasteiger partial charge in [0.05, 0.1) is 11.7 Å². The van der Waals surface area contributed by atoms with Crippen LogP contribution in [-0.2, 0) is 12.8 Å². The first-order valence-electron chi connectivity index (χ1n) is 13.1. The van der Waals surface area contributed by atoms with Crippen molar-refractivity contribution in [2.24, 2.45) is 0 Å². The number of hydrogen-bond acceptors (Lipinski definition) is 5. The molecule has 1 aliphatic rings. The molecule has 2 atom stereocenters. The molecule has 0 bridgehead atoms. The summed E-state index contributed by atoms with van der Waals surface area (Å²) < 4.78 is 6.08. The number of carboxylic acid groups (broad SMARTS) is 1. The first-order valence-corrected chi connectivity index (χ1v) is 13.4. The molecule has 0 saturated carbocycles. The zero-order chi connectivity index (χ0) is 28.1. The first kappa shape index (κ1) is 30.1. The van der Waals surface area contributed by atoms with Gasteiger partial charge >= 0.3 is 5.97 Å². The van der Waals surface area contributed by atoms with Crippen molar-refractivity contribution < 1.29 is 24.5 Å². The third-order valence-electron chi connectivity index (χ3n) is 6.94. The minimum Gasteiger partial charge on any atom is -0.478 e. The number of ether oxygens (including phenoxy) is 1. The molecule has 0 fully saturated rings. The van der Waals surface area contributed by atoms with Crippen LogP contribution in [0.3, 0.4) is 0 Å². The highest BCUT2D eigenvalue weighted by atomic mass is 35.5. The Balaban J connectivity index is 0.00000387. The van der Waals surface area contributed by atoms with E-state index in [0.717, 1.165) is 30.4 Å². The number of aliphatic hydroxyl groups is 1. The summed E-state index contributed by atoms with van der Waals surface area (Å²) in [4.78, 5) is 24.4. The molecule has 212 valence electrons. The maximum atomic E-state index is 12.6. The van der Waals surface area contributed by atoms with Crippen molar-refractivity contribution in [3.8, 4) is 11.5 Å². The highest BCUT2D eigenvalue weighted by Crippen LogP contribution is 2.31. The predicted octanol–water partition coefficient (Wildman–Crippen LogP) is 6.69. The van der Waals surface area contributed by atoms with Gasteiger partial charge in [-0.3, -0.25) is 4.79 Å². The minimum absolute atomic E-state index is 0. The number of aryl methyl sites for hydroxylation is 1. The summed E-state index contributed by atoms with van der Waals surface area (Å²) in [7, 11) is 0. The van der Waals surface area contributed by atoms with E-state index in [9.17, 15) is 19.8 Å². The molecule has 0 spiro atoms. The Hall–Kier alpha value is -3.88. The lowest BCUT2D eigenvalue weighted by atomic mass is 9.88. The summed E-state index contributed by atoms with van der Waals surface area (Å²) in [6.07, 6.45) is 1.99. The van der Waals surface area contributed by atoms with Crippen molar-refractivity contribution >= 4 is 41.6 Å². The van der Waals surface area contributed by atoms with E-state index in [0.29, 0.717) is 34.3 Å². The topological polar surface area (TPSA) is 108 Å². The van der Waals surface area contributed by atoms with Crippen molar-refractivity contribution in [1.82, 2.24) is 5.32 Å². The SMILES string of the molecule is Cl.O=C(O)c1cc(NC(=O)c2ccccc2)cc(Oc2ccc3c(c2)C[C@@H](NC[C@H](O)c2ccc(Cl)cc2)CC3)c1. The van der Waals surface area contributed by atoms with Crippen LogP contribution in [-0.4, -0.2) is 34.7 Å². The van der Waals surface area contributed by atoms with Gasteiger partial charge in [-0.1, -0.05) is 48.0 Å². The van der Waals surface area contributed by atoms with Gasteiger partial charge in [-0.2, -0.15) is 0 Å². The van der Waals surface area contributed by atoms with Gasteiger partial charge in [0.1, 0.15) is 11.5 Å². The summed E-state index contributed by atoms with van der Waals surface area (Å²) in [5, 5.41) is 27.0. The van der Waals surface area contributed by atoms with E-state index in [1.54, 1.807) is 42.5 Å². The monoisotopic (exact) mass is 592 g/mol. The normalized spacial score (nSPS) is 14.7. The number of halogens is 2. The number of amides is 1. The number of carbonyl (C=O) groups excluding carboxylic acids is 1. The van der Waals surface area contributed by atoms with Crippen LogP contribution in [0.2, 0.25) is 5.02 Å². The third kappa shape index (κ3) is 7.86. The molecule has 1 aliphatic carbocycles. The molecular weight excluding hydrogens is 563 g/mol. The summed E-state index contributed by atoms with van der Waals surface area (Å²) in [6, 6.07) is 26.4. The van der Waals surface area contributed by atoms with E-state index < -0.39 is 12.1 Å². The number of carboxylic acids is 1. The zero-order valence-electron chi connectivity index (χ0n) is 22.0. The number of fused-ring (bicyclic) bond motifs is 1. The highest BCUT2D eigenvalue weighted by Gasteiger charge is 2.21. The van der Waals surface area contributed by atoms with Gasteiger partial charge in [0.15, 0.2) is 0 Å². The zero-order valence-corrected chi connectivity index (χ0v) is 23.6. The number of carbonyl (C=O) groups is 2. The fraction of sp³-hybridized carbons (Fsp3) is 0.188. The summed E-state index contributed by atoms with van der Waals surface area (Å²) in [6.45, 7) is 0.428. The molecule has 4 N–H and O–H groups in total. The van der Waals surface area contributed by atoms with Gasteiger partial charge in [0, 0.05) is 34.9 Å². The Kier molecular flexibility index (Phi) is 10.0. The minimum atomic E-state index is -1.12. The molecule has 0 aromatic heterocycles. The first-order chi connectivity index (χ1) is 19.3. The lowest BCUT2D eigenvalue weighted by Gasteiger charge is -2.27.